The number of nitrogens with zero attached hydrogens (tertiary/aromatic N) is 1. The lowest BCUT2D eigenvalue weighted by atomic mass is 9.81. The molecule has 1 N–H and O–H groups in total. The lowest BCUT2D eigenvalue weighted by Crippen LogP contribution is -2.38. The lowest BCUT2D eigenvalue weighted by Gasteiger charge is -2.30. The lowest BCUT2D eigenvalue weighted by molar-refractivity contribution is -0.117. The van der Waals surface area contributed by atoms with E-state index in [1.54, 1.807) is 6.08 Å². The summed E-state index contributed by atoms with van der Waals surface area (Å²) in [7, 11) is 0. The van der Waals surface area contributed by atoms with Crippen LogP contribution in [-0.2, 0) is 9.53 Å². The van der Waals surface area contributed by atoms with Gasteiger partial charge in [-0.2, -0.15) is 0 Å². The Hall–Kier alpha value is -0.870. The van der Waals surface area contributed by atoms with E-state index in [0.29, 0.717) is 11.5 Å². The van der Waals surface area contributed by atoms with Crippen molar-refractivity contribution in [3.8, 4) is 0 Å². The summed E-state index contributed by atoms with van der Waals surface area (Å²) in [6.07, 6.45) is 8.57. The van der Waals surface area contributed by atoms with Gasteiger partial charge in [-0.15, -0.1) is 0 Å². The molecule has 0 radical (unpaired) electrons. The highest BCUT2D eigenvalue weighted by Gasteiger charge is 2.59. The summed E-state index contributed by atoms with van der Waals surface area (Å²) in [4.78, 5) is 14.3. The van der Waals surface area contributed by atoms with E-state index in [-0.39, 0.29) is 5.91 Å². The predicted molar refractivity (Wildman–Crippen MR) is 87.6 cm³/mol. The van der Waals surface area contributed by atoms with Crippen LogP contribution in [0.4, 0.5) is 0 Å². The van der Waals surface area contributed by atoms with Crippen LogP contribution in [0, 0.1) is 17.3 Å². The highest BCUT2D eigenvalue weighted by atomic mass is 16.5. The minimum atomic E-state index is 0.0751. The van der Waals surface area contributed by atoms with Gasteiger partial charge in [0.15, 0.2) is 0 Å². The van der Waals surface area contributed by atoms with Crippen LogP contribution < -0.4 is 5.32 Å². The fourth-order valence-corrected chi connectivity index (χ4v) is 4.50. The number of ether oxygens (including phenoxy) is 1. The maximum absolute atomic E-state index is 12.0. The molecule has 1 spiro atoms. The molecule has 2 aliphatic carbocycles. The number of carbonyl (C=O) groups is 1. The maximum Gasteiger partial charge on any atom is 0.243 e. The molecule has 22 heavy (non-hydrogen) atoms. The second-order valence-electron chi connectivity index (χ2n) is 7.41. The molecule has 4 heteroatoms. The highest BCUT2D eigenvalue weighted by Crippen LogP contribution is 2.65. The van der Waals surface area contributed by atoms with Gasteiger partial charge in [0.1, 0.15) is 0 Å². The topological polar surface area (TPSA) is 41.6 Å². The molecular formula is C18H30N2O2. The Labute approximate surface area is 134 Å². The molecule has 0 aromatic rings. The number of morpholine rings is 1. The van der Waals surface area contributed by atoms with E-state index in [2.05, 4.69) is 24.1 Å². The zero-order chi connectivity index (χ0) is 15.6. The fourth-order valence-electron chi connectivity index (χ4n) is 4.50. The van der Waals surface area contributed by atoms with Gasteiger partial charge < -0.3 is 10.1 Å². The minimum absolute atomic E-state index is 0.0751. The van der Waals surface area contributed by atoms with E-state index in [0.717, 1.165) is 57.5 Å². The number of hydrogen-bond acceptors (Lipinski definition) is 3. The van der Waals surface area contributed by atoms with E-state index >= 15 is 0 Å². The summed E-state index contributed by atoms with van der Waals surface area (Å²) in [5.74, 6) is 1.85. The summed E-state index contributed by atoms with van der Waals surface area (Å²) in [5, 5.41) is 3.18. The van der Waals surface area contributed by atoms with Gasteiger partial charge in [-0.25, -0.2) is 0 Å². The van der Waals surface area contributed by atoms with Gasteiger partial charge >= 0.3 is 0 Å². The number of nitrogens with one attached hydrogen (secondary N) is 1. The van der Waals surface area contributed by atoms with E-state index < -0.39 is 0 Å². The van der Waals surface area contributed by atoms with Crippen LogP contribution in [0.3, 0.4) is 0 Å². The second kappa shape index (κ2) is 6.71. The molecule has 2 saturated carbocycles. The van der Waals surface area contributed by atoms with Crippen molar-refractivity contribution in [1.29, 1.82) is 0 Å². The van der Waals surface area contributed by atoms with E-state index in [1.807, 2.05) is 6.08 Å². The molecule has 2 unspecified atom stereocenters. The van der Waals surface area contributed by atoms with Crippen molar-refractivity contribution in [2.75, 3.05) is 32.8 Å². The molecule has 0 aromatic carbocycles. The van der Waals surface area contributed by atoms with Crippen LogP contribution in [0.15, 0.2) is 12.2 Å². The van der Waals surface area contributed by atoms with E-state index in [9.17, 15) is 4.79 Å². The van der Waals surface area contributed by atoms with Gasteiger partial charge in [0.05, 0.1) is 13.2 Å². The van der Waals surface area contributed by atoms with Gasteiger partial charge in [0.25, 0.3) is 0 Å². The summed E-state index contributed by atoms with van der Waals surface area (Å²) < 4.78 is 5.32. The van der Waals surface area contributed by atoms with Gasteiger partial charge in [-0.05, 0) is 42.9 Å². The van der Waals surface area contributed by atoms with Crippen molar-refractivity contribution >= 4 is 5.91 Å². The largest absolute Gasteiger partial charge is 0.379 e. The van der Waals surface area contributed by atoms with E-state index in [4.69, 9.17) is 4.74 Å². The van der Waals surface area contributed by atoms with Crippen molar-refractivity contribution in [3.63, 3.8) is 0 Å². The monoisotopic (exact) mass is 306 g/mol. The first-order valence-corrected chi connectivity index (χ1v) is 8.89. The number of amides is 1. The number of carbonyl (C=O) groups excluding carboxylic acids is 1. The van der Waals surface area contributed by atoms with Crippen LogP contribution in [-0.4, -0.2) is 49.7 Å². The standard InChI is InChI=1S/C18H30N2O2/c1-14-15(2)18(14)7-5-16(6-8-18)19-17(21)4-3-9-20-10-12-22-13-11-20/h3-4,14-16H,5-13H2,1-2H3,(H,19,21)/b4-3+. The molecule has 0 aromatic heterocycles. The molecule has 3 aliphatic rings. The maximum atomic E-state index is 12.0. The van der Waals surface area contributed by atoms with Crippen molar-refractivity contribution in [1.82, 2.24) is 10.2 Å². The zero-order valence-corrected chi connectivity index (χ0v) is 14.0. The molecule has 3 fully saturated rings. The average Bonchev–Trinajstić information content (AvgIpc) is 3.03. The second-order valence-corrected chi connectivity index (χ2v) is 7.41. The van der Waals surface area contributed by atoms with Crippen molar-refractivity contribution in [2.45, 2.75) is 45.6 Å². The highest BCUT2D eigenvalue weighted by molar-refractivity contribution is 5.87. The summed E-state index contributed by atoms with van der Waals surface area (Å²) in [6, 6.07) is 0.381. The Bertz CT molecular complexity index is 411. The Kier molecular flexibility index (Phi) is 4.88. The van der Waals surface area contributed by atoms with Crippen LogP contribution >= 0.6 is 0 Å². The van der Waals surface area contributed by atoms with Crippen LogP contribution in [0.1, 0.15) is 39.5 Å². The molecule has 1 saturated heterocycles. The molecule has 124 valence electrons. The average molecular weight is 306 g/mol. The zero-order valence-electron chi connectivity index (χ0n) is 14.0. The summed E-state index contributed by atoms with van der Waals surface area (Å²) in [6.45, 7) is 9.16. The Morgan fingerprint density at radius 2 is 1.86 bits per heavy atom. The third-order valence-electron chi connectivity index (χ3n) is 6.45. The number of hydrogen-bond donors (Lipinski definition) is 1. The third kappa shape index (κ3) is 3.38. The minimum Gasteiger partial charge on any atom is -0.379 e. The summed E-state index contributed by atoms with van der Waals surface area (Å²) in [5.41, 5.74) is 0.618. The summed E-state index contributed by atoms with van der Waals surface area (Å²) >= 11 is 0. The van der Waals surface area contributed by atoms with Crippen LogP contribution in [0.25, 0.3) is 0 Å². The SMILES string of the molecule is CC1C(C)C12CCC(NC(=O)/C=C/CN1CCOCC1)CC2. The van der Waals surface area contributed by atoms with Gasteiger partial charge in [-0.1, -0.05) is 19.9 Å². The smallest absolute Gasteiger partial charge is 0.243 e. The molecular weight excluding hydrogens is 276 g/mol. The molecule has 1 amide bonds. The Morgan fingerprint density at radius 1 is 1.23 bits per heavy atom. The Morgan fingerprint density at radius 3 is 2.45 bits per heavy atom. The molecule has 1 aliphatic heterocycles. The molecule has 2 atom stereocenters. The molecule has 4 nitrogen and oxygen atoms in total. The van der Waals surface area contributed by atoms with Crippen molar-refractivity contribution in [2.24, 2.45) is 17.3 Å². The van der Waals surface area contributed by atoms with E-state index in [1.165, 1.54) is 12.8 Å². The normalized spacial score (nSPS) is 39.3. The molecule has 1 heterocycles. The first kappa shape index (κ1) is 16.0. The van der Waals surface area contributed by atoms with Gasteiger partial charge in [0, 0.05) is 31.8 Å². The quantitative estimate of drug-likeness (QED) is 0.810. The third-order valence-corrected chi connectivity index (χ3v) is 6.45. The number of rotatable bonds is 4. The van der Waals surface area contributed by atoms with Crippen LogP contribution in [0.5, 0.6) is 0 Å². The first-order valence-electron chi connectivity index (χ1n) is 8.89. The van der Waals surface area contributed by atoms with Crippen molar-refractivity contribution in [3.05, 3.63) is 12.2 Å². The van der Waals surface area contributed by atoms with Gasteiger partial charge in [0.2, 0.25) is 5.91 Å². The Balaban J connectivity index is 1.36. The molecule has 0 bridgehead atoms. The van der Waals surface area contributed by atoms with Crippen molar-refractivity contribution < 1.29 is 9.53 Å². The van der Waals surface area contributed by atoms with Gasteiger partial charge in [-0.3, -0.25) is 9.69 Å². The van der Waals surface area contributed by atoms with Crippen LogP contribution in [0.2, 0.25) is 0 Å². The predicted octanol–water partition coefficient (Wildman–Crippen LogP) is 2.21. The fraction of sp³-hybridized carbons (Fsp3) is 0.833. The first-order chi connectivity index (χ1) is 10.6. The molecule has 3 rings (SSSR count).